The van der Waals surface area contributed by atoms with Gasteiger partial charge in [0.05, 0.1) is 5.75 Å². The average Bonchev–Trinajstić information content (AvgIpc) is 2.53. The van der Waals surface area contributed by atoms with Gasteiger partial charge >= 0.3 is 0 Å². The van der Waals surface area contributed by atoms with Gasteiger partial charge in [0.2, 0.25) is 0 Å². The maximum Gasteiger partial charge on any atom is 0.153 e. The van der Waals surface area contributed by atoms with Crippen LogP contribution in [0.15, 0.2) is 48.5 Å². The standard InChI is InChI=1S/C19H18O2S/c20-22(21)12-13-5-8-17-15(11-13)7-10-18-16-4-2-1-3-14(16)6-9-19(17)18/h1-4,6-7,9-10,13H,5,8,11-12H2,(H,20,21). The van der Waals surface area contributed by atoms with E-state index in [1.165, 1.54) is 32.7 Å². The molecule has 0 amide bonds. The van der Waals surface area contributed by atoms with E-state index in [-0.39, 0.29) is 0 Å². The van der Waals surface area contributed by atoms with E-state index in [9.17, 15) is 4.21 Å². The minimum Gasteiger partial charge on any atom is -0.306 e. The molecule has 0 fully saturated rings. The first-order valence-electron chi connectivity index (χ1n) is 7.72. The summed E-state index contributed by atoms with van der Waals surface area (Å²) in [6, 6.07) is 17.4. The summed E-state index contributed by atoms with van der Waals surface area (Å²) in [6.45, 7) is 0. The molecule has 22 heavy (non-hydrogen) atoms. The van der Waals surface area contributed by atoms with Crippen molar-refractivity contribution in [2.24, 2.45) is 5.92 Å². The Labute approximate surface area is 132 Å². The Morgan fingerprint density at radius 1 is 1.00 bits per heavy atom. The Hall–Kier alpha value is -1.71. The lowest BCUT2D eigenvalue weighted by Gasteiger charge is -2.25. The van der Waals surface area contributed by atoms with Gasteiger partial charge in [0.15, 0.2) is 11.1 Å². The first-order chi connectivity index (χ1) is 10.7. The second-order valence-electron chi connectivity index (χ2n) is 6.18. The summed E-state index contributed by atoms with van der Waals surface area (Å²) in [7, 11) is 0. The van der Waals surface area contributed by atoms with Crippen molar-refractivity contribution >= 4 is 32.6 Å². The highest BCUT2D eigenvalue weighted by Crippen LogP contribution is 2.34. The van der Waals surface area contributed by atoms with Crippen molar-refractivity contribution < 1.29 is 8.76 Å². The summed E-state index contributed by atoms with van der Waals surface area (Å²) < 4.78 is 20.2. The van der Waals surface area contributed by atoms with Crippen molar-refractivity contribution in [3.05, 3.63) is 59.7 Å². The van der Waals surface area contributed by atoms with Crippen LogP contribution in [0, 0.1) is 5.92 Å². The Morgan fingerprint density at radius 2 is 1.82 bits per heavy atom. The fourth-order valence-corrected chi connectivity index (χ4v) is 4.48. The smallest absolute Gasteiger partial charge is 0.153 e. The molecule has 1 N–H and O–H groups in total. The molecular weight excluding hydrogens is 292 g/mol. The Balaban J connectivity index is 1.84. The van der Waals surface area contributed by atoms with Gasteiger partial charge in [-0.25, -0.2) is 4.21 Å². The monoisotopic (exact) mass is 310 g/mol. The van der Waals surface area contributed by atoms with E-state index in [0.29, 0.717) is 11.7 Å². The van der Waals surface area contributed by atoms with E-state index < -0.39 is 11.1 Å². The molecule has 112 valence electrons. The van der Waals surface area contributed by atoms with Crippen molar-refractivity contribution in [2.45, 2.75) is 19.3 Å². The van der Waals surface area contributed by atoms with E-state index in [4.69, 9.17) is 4.55 Å². The van der Waals surface area contributed by atoms with Gasteiger partial charge in [-0.3, -0.25) is 0 Å². The zero-order valence-electron chi connectivity index (χ0n) is 12.3. The normalized spacial score (nSPS) is 19.2. The molecule has 0 aromatic heterocycles. The van der Waals surface area contributed by atoms with Crippen LogP contribution in [-0.2, 0) is 23.9 Å². The van der Waals surface area contributed by atoms with Gasteiger partial charge in [0, 0.05) is 0 Å². The van der Waals surface area contributed by atoms with Gasteiger partial charge in [-0.15, -0.1) is 0 Å². The first-order valence-corrected chi connectivity index (χ1v) is 8.99. The third-order valence-corrected chi connectivity index (χ3v) is 5.58. The summed E-state index contributed by atoms with van der Waals surface area (Å²) in [5, 5.41) is 5.25. The maximum atomic E-state index is 11.0. The van der Waals surface area contributed by atoms with Crippen LogP contribution in [0.1, 0.15) is 17.5 Å². The zero-order chi connectivity index (χ0) is 15.1. The number of rotatable bonds is 2. The molecule has 1 aliphatic rings. The van der Waals surface area contributed by atoms with E-state index in [0.717, 1.165) is 19.3 Å². The van der Waals surface area contributed by atoms with Gasteiger partial charge in [-0.1, -0.05) is 48.5 Å². The molecule has 3 aromatic rings. The second-order valence-corrected chi connectivity index (χ2v) is 7.16. The van der Waals surface area contributed by atoms with Crippen molar-refractivity contribution in [3.8, 4) is 0 Å². The van der Waals surface area contributed by atoms with Gasteiger partial charge in [0.1, 0.15) is 0 Å². The van der Waals surface area contributed by atoms with Gasteiger partial charge < -0.3 is 4.55 Å². The zero-order valence-corrected chi connectivity index (χ0v) is 13.1. The molecule has 0 radical (unpaired) electrons. The van der Waals surface area contributed by atoms with Crippen molar-refractivity contribution in [1.82, 2.24) is 0 Å². The maximum absolute atomic E-state index is 11.0. The molecule has 3 heteroatoms. The molecule has 0 saturated carbocycles. The van der Waals surface area contributed by atoms with Crippen LogP contribution in [-0.4, -0.2) is 14.5 Å². The van der Waals surface area contributed by atoms with E-state index in [1.807, 2.05) is 0 Å². The Kier molecular flexibility index (Phi) is 3.47. The molecule has 0 saturated heterocycles. The fraction of sp³-hybridized carbons (Fsp3) is 0.263. The van der Waals surface area contributed by atoms with E-state index in [2.05, 4.69) is 48.5 Å². The second kappa shape index (κ2) is 5.49. The quantitative estimate of drug-likeness (QED) is 0.565. The fourth-order valence-electron chi connectivity index (χ4n) is 3.79. The van der Waals surface area contributed by atoms with Crippen LogP contribution in [0.5, 0.6) is 0 Å². The van der Waals surface area contributed by atoms with Crippen LogP contribution in [0.25, 0.3) is 21.5 Å². The highest BCUT2D eigenvalue weighted by Gasteiger charge is 2.22. The molecule has 1 aliphatic carbocycles. The number of fused-ring (bicyclic) bond motifs is 5. The van der Waals surface area contributed by atoms with Crippen LogP contribution in [0.3, 0.4) is 0 Å². The molecule has 2 nitrogen and oxygen atoms in total. The van der Waals surface area contributed by atoms with Crippen LogP contribution >= 0.6 is 0 Å². The summed E-state index contributed by atoms with van der Waals surface area (Å²) in [5.74, 6) is 0.728. The molecule has 2 unspecified atom stereocenters. The highest BCUT2D eigenvalue weighted by molar-refractivity contribution is 7.79. The number of benzene rings is 3. The average molecular weight is 310 g/mol. The highest BCUT2D eigenvalue weighted by atomic mass is 32.2. The van der Waals surface area contributed by atoms with Crippen LogP contribution in [0.2, 0.25) is 0 Å². The number of hydrogen-bond acceptors (Lipinski definition) is 1. The topological polar surface area (TPSA) is 37.3 Å². The van der Waals surface area contributed by atoms with Crippen molar-refractivity contribution in [3.63, 3.8) is 0 Å². The first kappa shape index (κ1) is 13.9. The minimum atomic E-state index is -1.69. The van der Waals surface area contributed by atoms with E-state index >= 15 is 0 Å². The number of aryl methyl sites for hydroxylation is 1. The summed E-state index contributed by atoms with van der Waals surface area (Å²) >= 11 is -1.69. The predicted octanol–water partition coefficient (Wildman–Crippen LogP) is 4.32. The van der Waals surface area contributed by atoms with Gasteiger partial charge in [-0.05, 0) is 57.9 Å². The molecular formula is C19H18O2S. The van der Waals surface area contributed by atoms with Gasteiger partial charge in [-0.2, -0.15) is 0 Å². The molecule has 4 rings (SSSR count). The lowest BCUT2D eigenvalue weighted by Crippen LogP contribution is -2.20. The van der Waals surface area contributed by atoms with Gasteiger partial charge in [0.25, 0.3) is 0 Å². The largest absolute Gasteiger partial charge is 0.306 e. The van der Waals surface area contributed by atoms with Crippen molar-refractivity contribution in [1.29, 1.82) is 0 Å². The lowest BCUT2D eigenvalue weighted by atomic mass is 9.82. The number of hydrogen-bond donors (Lipinski definition) is 1. The summed E-state index contributed by atoms with van der Waals surface area (Å²) in [6.07, 6.45) is 2.93. The SMILES string of the molecule is O=S(O)CC1CCc2c(ccc3c2ccc2ccccc23)C1. The molecule has 0 bridgehead atoms. The summed E-state index contributed by atoms with van der Waals surface area (Å²) in [5.41, 5.74) is 2.78. The Morgan fingerprint density at radius 3 is 2.68 bits per heavy atom. The summed E-state index contributed by atoms with van der Waals surface area (Å²) in [4.78, 5) is 0. The van der Waals surface area contributed by atoms with Crippen LogP contribution < -0.4 is 0 Å². The lowest BCUT2D eigenvalue weighted by molar-refractivity contribution is 0.484. The van der Waals surface area contributed by atoms with E-state index in [1.54, 1.807) is 0 Å². The third kappa shape index (κ3) is 2.34. The minimum absolute atomic E-state index is 0.330. The predicted molar refractivity (Wildman–Crippen MR) is 92.6 cm³/mol. The molecule has 0 spiro atoms. The Bertz CT molecular complexity index is 885. The third-order valence-electron chi connectivity index (χ3n) is 4.82. The molecule has 3 aromatic carbocycles. The van der Waals surface area contributed by atoms with Crippen LogP contribution in [0.4, 0.5) is 0 Å². The molecule has 2 atom stereocenters. The molecule has 0 aliphatic heterocycles. The van der Waals surface area contributed by atoms with Crippen molar-refractivity contribution in [2.75, 3.05) is 5.75 Å². The molecule has 0 heterocycles.